The minimum atomic E-state index is -1.31. The van der Waals surface area contributed by atoms with E-state index in [-0.39, 0.29) is 5.91 Å². The highest BCUT2D eigenvalue weighted by atomic mass is 35.5. The van der Waals surface area contributed by atoms with Crippen LogP contribution in [0.15, 0.2) is 60.8 Å². The lowest BCUT2D eigenvalue weighted by Gasteiger charge is -2.24. The van der Waals surface area contributed by atoms with Crippen LogP contribution in [-0.4, -0.2) is 40.0 Å². The predicted molar refractivity (Wildman–Crippen MR) is 124 cm³/mol. The third kappa shape index (κ3) is 5.46. The van der Waals surface area contributed by atoms with Crippen molar-refractivity contribution in [2.45, 2.75) is 6.92 Å². The molecule has 0 radical (unpaired) electrons. The number of carbonyl (C=O) groups excluding carboxylic acids is 1. The number of benzene rings is 2. The zero-order valence-corrected chi connectivity index (χ0v) is 18.9. The highest BCUT2D eigenvalue weighted by molar-refractivity contribution is 7.84. The average Bonchev–Trinajstić information content (AvgIpc) is 2.76. The molecule has 1 atom stereocenters. The summed E-state index contributed by atoms with van der Waals surface area (Å²) in [6, 6.07) is 14.3. The van der Waals surface area contributed by atoms with Gasteiger partial charge in [-0.15, -0.1) is 0 Å². The van der Waals surface area contributed by atoms with E-state index >= 15 is 0 Å². The van der Waals surface area contributed by atoms with Crippen molar-refractivity contribution in [3.8, 4) is 11.3 Å². The van der Waals surface area contributed by atoms with Gasteiger partial charge >= 0.3 is 0 Å². The molecular weight excluding hydrogens is 439 g/mol. The third-order valence-electron chi connectivity index (χ3n) is 4.43. The third-order valence-corrected chi connectivity index (χ3v) is 6.23. The van der Waals surface area contributed by atoms with E-state index in [1.165, 1.54) is 18.3 Å². The van der Waals surface area contributed by atoms with Crippen molar-refractivity contribution in [3.63, 3.8) is 0 Å². The zero-order valence-electron chi connectivity index (χ0n) is 17.3. The molecule has 1 heterocycles. The molecule has 2 aromatic carbocycles. The maximum absolute atomic E-state index is 13.5. The molecule has 1 unspecified atom stereocenters. The average molecular weight is 461 g/mol. The number of anilines is 2. The molecule has 0 saturated carbocycles. The summed E-state index contributed by atoms with van der Waals surface area (Å²) in [4.78, 5) is 16.8. The van der Waals surface area contributed by atoms with Gasteiger partial charge in [0.25, 0.3) is 5.91 Å². The smallest absolute Gasteiger partial charge is 0.255 e. The van der Waals surface area contributed by atoms with Gasteiger partial charge < -0.3 is 5.32 Å². The Hall–Kier alpha value is -2.81. The van der Waals surface area contributed by atoms with E-state index in [1.54, 1.807) is 65.2 Å². The minimum Gasteiger partial charge on any atom is -0.322 e. The van der Waals surface area contributed by atoms with E-state index in [1.807, 2.05) is 6.92 Å². The number of nitrogens with zero attached hydrogens (tertiary/aromatic N) is 3. The van der Waals surface area contributed by atoms with Crippen molar-refractivity contribution in [3.05, 3.63) is 77.2 Å². The second-order valence-corrected chi connectivity index (χ2v) is 8.83. The number of pyridine rings is 1. The topological polar surface area (TPSA) is 65.5 Å². The normalized spacial score (nSPS) is 11.9. The fourth-order valence-corrected chi connectivity index (χ4v) is 4.05. The molecule has 9 heteroatoms. The largest absolute Gasteiger partial charge is 0.322 e. The van der Waals surface area contributed by atoms with Crippen LogP contribution in [0.25, 0.3) is 11.3 Å². The van der Waals surface area contributed by atoms with E-state index in [2.05, 4.69) is 10.3 Å². The Morgan fingerprint density at radius 1 is 1.13 bits per heavy atom. The number of rotatable bonds is 7. The molecule has 31 heavy (non-hydrogen) atoms. The van der Waals surface area contributed by atoms with Gasteiger partial charge in [0.1, 0.15) is 5.82 Å². The summed E-state index contributed by atoms with van der Waals surface area (Å²) in [6.07, 6.45) is 1.36. The van der Waals surface area contributed by atoms with Gasteiger partial charge in [0.15, 0.2) is 11.2 Å². The van der Waals surface area contributed by atoms with Crippen LogP contribution in [0.5, 0.6) is 0 Å². The molecule has 1 aromatic heterocycles. The summed E-state index contributed by atoms with van der Waals surface area (Å²) in [5, 5.41) is 3.21. The van der Waals surface area contributed by atoms with Crippen LogP contribution in [0, 0.1) is 5.82 Å². The summed E-state index contributed by atoms with van der Waals surface area (Å²) in [7, 11) is 3.47. The molecule has 0 aliphatic heterocycles. The van der Waals surface area contributed by atoms with Crippen molar-refractivity contribution in [2.24, 2.45) is 0 Å². The molecule has 3 rings (SSSR count). The van der Waals surface area contributed by atoms with E-state index in [0.29, 0.717) is 34.1 Å². The second-order valence-electron chi connectivity index (χ2n) is 6.79. The Morgan fingerprint density at radius 2 is 1.84 bits per heavy atom. The summed E-state index contributed by atoms with van der Waals surface area (Å²) in [5.41, 5.74) is 2.58. The van der Waals surface area contributed by atoms with Gasteiger partial charge in [-0.2, -0.15) is 0 Å². The molecule has 1 N–H and O–H groups in total. The van der Waals surface area contributed by atoms with Gasteiger partial charge in [-0.05, 0) is 55.5 Å². The van der Waals surface area contributed by atoms with Crippen LogP contribution in [0.4, 0.5) is 15.8 Å². The van der Waals surface area contributed by atoms with Crippen LogP contribution in [0.3, 0.4) is 0 Å². The van der Waals surface area contributed by atoms with E-state index < -0.39 is 17.0 Å². The monoisotopic (exact) mass is 460 g/mol. The van der Waals surface area contributed by atoms with Gasteiger partial charge in [0, 0.05) is 49.7 Å². The highest BCUT2D eigenvalue weighted by Gasteiger charge is 2.16. The molecule has 0 fully saturated rings. The van der Waals surface area contributed by atoms with Crippen LogP contribution in [0.2, 0.25) is 5.02 Å². The summed E-state index contributed by atoms with van der Waals surface area (Å²) in [6.45, 7) is 2.46. The highest BCUT2D eigenvalue weighted by Crippen LogP contribution is 2.30. The van der Waals surface area contributed by atoms with E-state index in [0.717, 1.165) is 5.69 Å². The Labute approximate surface area is 188 Å². The summed E-state index contributed by atoms with van der Waals surface area (Å²) >= 11 is 4.92. The van der Waals surface area contributed by atoms with Gasteiger partial charge in [0.05, 0.1) is 16.4 Å². The number of carbonyl (C=O) groups is 1. The number of hydrogen-bond acceptors (Lipinski definition) is 3. The van der Waals surface area contributed by atoms with Crippen LogP contribution >= 0.6 is 11.6 Å². The molecule has 3 aromatic rings. The van der Waals surface area contributed by atoms with Gasteiger partial charge in [0.2, 0.25) is 0 Å². The molecule has 1 amide bonds. The maximum atomic E-state index is 13.5. The second kappa shape index (κ2) is 10.00. The van der Waals surface area contributed by atoms with E-state index in [9.17, 15) is 13.4 Å². The molecule has 0 aliphatic carbocycles. The lowest BCUT2D eigenvalue weighted by Crippen LogP contribution is -2.34. The lowest BCUT2D eigenvalue weighted by atomic mass is 10.1. The SMILES string of the molecule is CCN(c1ccc(C(=O)Nc2ccc(Cl)c(-c3cc(F)ccn3)c2)cc1)S(=O)N(C)C. The van der Waals surface area contributed by atoms with Crippen LogP contribution < -0.4 is 9.62 Å². The van der Waals surface area contributed by atoms with Crippen molar-refractivity contribution in [1.82, 2.24) is 9.29 Å². The summed E-state index contributed by atoms with van der Waals surface area (Å²) in [5.74, 6) is -0.740. The van der Waals surface area contributed by atoms with Crippen molar-refractivity contribution >= 4 is 40.1 Å². The fraction of sp³-hybridized carbons (Fsp3) is 0.182. The van der Waals surface area contributed by atoms with E-state index in [4.69, 9.17) is 11.6 Å². The lowest BCUT2D eigenvalue weighted by molar-refractivity contribution is 0.102. The van der Waals surface area contributed by atoms with Gasteiger partial charge in [-0.1, -0.05) is 11.6 Å². The Balaban J connectivity index is 1.79. The Morgan fingerprint density at radius 3 is 2.45 bits per heavy atom. The molecule has 0 bridgehead atoms. The van der Waals surface area contributed by atoms with Crippen LogP contribution in [0.1, 0.15) is 17.3 Å². The quantitative estimate of drug-likeness (QED) is 0.552. The van der Waals surface area contributed by atoms with Gasteiger partial charge in [-0.25, -0.2) is 12.9 Å². The van der Waals surface area contributed by atoms with Crippen LogP contribution in [-0.2, 0) is 11.2 Å². The van der Waals surface area contributed by atoms with Crippen molar-refractivity contribution in [1.29, 1.82) is 0 Å². The molecular formula is C22H22ClFN4O2S. The number of nitrogens with one attached hydrogen (secondary N) is 1. The number of amides is 1. The first kappa shape index (κ1) is 22.9. The molecule has 0 spiro atoms. The molecule has 162 valence electrons. The van der Waals surface area contributed by atoms with Crippen molar-refractivity contribution < 1.29 is 13.4 Å². The Kier molecular flexibility index (Phi) is 7.37. The minimum absolute atomic E-state index is 0.316. The molecule has 6 nitrogen and oxygen atoms in total. The Bertz CT molecular complexity index is 1110. The first-order chi connectivity index (χ1) is 14.8. The fourth-order valence-electron chi connectivity index (χ4n) is 2.91. The van der Waals surface area contributed by atoms with Gasteiger partial charge in [-0.3, -0.25) is 14.1 Å². The first-order valence-corrected chi connectivity index (χ1v) is 10.9. The molecule has 0 aliphatic rings. The first-order valence-electron chi connectivity index (χ1n) is 9.50. The zero-order chi connectivity index (χ0) is 22.5. The van der Waals surface area contributed by atoms with Crippen molar-refractivity contribution in [2.75, 3.05) is 30.3 Å². The maximum Gasteiger partial charge on any atom is 0.255 e. The number of halogens is 2. The predicted octanol–water partition coefficient (Wildman–Crippen LogP) is 4.76. The number of aromatic nitrogens is 1. The summed E-state index contributed by atoms with van der Waals surface area (Å²) < 4.78 is 29.3. The molecule has 0 saturated heterocycles. The standard InChI is InChI=1S/C22H22ClFN4O2S/c1-4-28(31(30)27(2)3)18-8-5-15(6-9-18)22(29)26-17-7-10-20(23)19(14-17)21-13-16(24)11-12-25-21/h5-14H,4H2,1-3H3,(H,26,29). The number of hydrogen-bond donors (Lipinski definition) is 1.